The van der Waals surface area contributed by atoms with Crippen molar-refractivity contribution in [2.24, 2.45) is 0 Å². The summed E-state index contributed by atoms with van der Waals surface area (Å²) < 4.78 is 35.4. The molecule has 0 aliphatic carbocycles. The standard InChI is InChI=1S/C24H19F2N5O/c25-17-4-1-15(2-5-17)21-22(16-3-6-20-18(13-16)19(26)14-28-20)31-8-7-27-23(24(31)29-21)30-9-11-32-12-10-30/h1-8,13-14,28H,9-12H2. The highest BCUT2D eigenvalue weighted by Crippen LogP contribution is 2.36. The van der Waals surface area contributed by atoms with Gasteiger partial charge in [-0.1, -0.05) is 6.07 Å². The monoisotopic (exact) mass is 431 g/mol. The Morgan fingerprint density at radius 3 is 2.56 bits per heavy atom. The largest absolute Gasteiger partial charge is 0.378 e. The Bertz CT molecular complexity index is 1430. The van der Waals surface area contributed by atoms with E-state index >= 15 is 0 Å². The molecule has 0 unspecified atom stereocenters. The molecule has 0 radical (unpaired) electrons. The second-order valence-corrected chi connectivity index (χ2v) is 7.76. The number of nitrogens with zero attached hydrogens (tertiary/aromatic N) is 4. The summed E-state index contributed by atoms with van der Waals surface area (Å²) in [5, 5.41) is 0.505. The van der Waals surface area contributed by atoms with Crippen LogP contribution in [0.2, 0.25) is 0 Å². The number of imidazole rings is 1. The van der Waals surface area contributed by atoms with Gasteiger partial charge in [-0.15, -0.1) is 0 Å². The van der Waals surface area contributed by atoms with Crippen molar-refractivity contribution in [2.45, 2.75) is 0 Å². The molecule has 6 nitrogen and oxygen atoms in total. The van der Waals surface area contributed by atoms with E-state index in [4.69, 9.17) is 9.72 Å². The minimum absolute atomic E-state index is 0.310. The number of aromatic amines is 1. The Labute approximate surface area is 182 Å². The van der Waals surface area contributed by atoms with Gasteiger partial charge in [0.25, 0.3) is 0 Å². The normalized spacial score (nSPS) is 14.5. The number of hydrogen-bond acceptors (Lipinski definition) is 4. The number of morpholine rings is 1. The Kier molecular flexibility index (Phi) is 4.39. The summed E-state index contributed by atoms with van der Waals surface area (Å²) >= 11 is 0. The number of nitrogens with one attached hydrogen (secondary N) is 1. The summed E-state index contributed by atoms with van der Waals surface area (Å²) in [6.07, 6.45) is 4.95. The van der Waals surface area contributed by atoms with E-state index in [-0.39, 0.29) is 11.6 Å². The fourth-order valence-electron chi connectivity index (χ4n) is 4.28. The van der Waals surface area contributed by atoms with E-state index in [0.29, 0.717) is 29.9 Å². The smallest absolute Gasteiger partial charge is 0.181 e. The molecule has 1 aliphatic rings. The number of aromatic nitrogens is 4. The third-order valence-electron chi connectivity index (χ3n) is 5.86. The maximum atomic E-state index is 14.3. The molecule has 1 fully saturated rings. The maximum absolute atomic E-state index is 14.3. The Morgan fingerprint density at radius 2 is 1.75 bits per heavy atom. The molecule has 1 N–H and O–H groups in total. The van der Waals surface area contributed by atoms with Gasteiger partial charge >= 0.3 is 0 Å². The van der Waals surface area contributed by atoms with Crippen LogP contribution in [0.15, 0.2) is 61.1 Å². The van der Waals surface area contributed by atoms with Gasteiger partial charge < -0.3 is 14.6 Å². The molecular weight excluding hydrogens is 412 g/mol. The second kappa shape index (κ2) is 7.42. The second-order valence-electron chi connectivity index (χ2n) is 7.76. The third kappa shape index (κ3) is 3.03. The van der Waals surface area contributed by atoms with E-state index in [1.165, 1.54) is 18.3 Å². The summed E-state index contributed by atoms with van der Waals surface area (Å²) in [5.74, 6) is 0.138. The van der Waals surface area contributed by atoms with E-state index in [0.717, 1.165) is 41.2 Å². The predicted molar refractivity (Wildman–Crippen MR) is 119 cm³/mol. The molecule has 32 heavy (non-hydrogen) atoms. The van der Waals surface area contributed by atoms with Crippen molar-refractivity contribution in [3.05, 3.63) is 72.7 Å². The van der Waals surface area contributed by atoms with Crippen LogP contribution in [0.1, 0.15) is 0 Å². The molecule has 5 aromatic rings. The van der Waals surface area contributed by atoms with Crippen molar-refractivity contribution in [3.8, 4) is 22.5 Å². The number of fused-ring (bicyclic) bond motifs is 2. The fraction of sp³-hybridized carbons (Fsp3) is 0.167. The van der Waals surface area contributed by atoms with Crippen molar-refractivity contribution in [2.75, 3.05) is 31.2 Å². The first-order valence-corrected chi connectivity index (χ1v) is 10.4. The average molecular weight is 431 g/mol. The summed E-state index contributed by atoms with van der Waals surface area (Å²) in [6, 6.07) is 11.8. The Morgan fingerprint density at radius 1 is 0.969 bits per heavy atom. The van der Waals surface area contributed by atoms with Crippen molar-refractivity contribution >= 4 is 22.4 Å². The highest BCUT2D eigenvalue weighted by molar-refractivity contribution is 5.90. The molecule has 1 saturated heterocycles. The molecule has 1 aliphatic heterocycles. The fourth-order valence-corrected chi connectivity index (χ4v) is 4.28. The van der Waals surface area contributed by atoms with E-state index < -0.39 is 0 Å². The number of H-pyrrole nitrogens is 1. The van der Waals surface area contributed by atoms with Crippen LogP contribution >= 0.6 is 0 Å². The molecule has 2 aromatic carbocycles. The van der Waals surface area contributed by atoms with Crippen LogP contribution in [0.4, 0.5) is 14.6 Å². The minimum Gasteiger partial charge on any atom is -0.378 e. The van der Waals surface area contributed by atoms with Crippen LogP contribution in [0.5, 0.6) is 0 Å². The van der Waals surface area contributed by atoms with Crippen molar-refractivity contribution in [3.63, 3.8) is 0 Å². The topological polar surface area (TPSA) is 58.4 Å². The van der Waals surface area contributed by atoms with Crippen molar-refractivity contribution in [1.29, 1.82) is 0 Å². The predicted octanol–water partition coefficient (Wildman–Crippen LogP) is 4.66. The first-order chi connectivity index (χ1) is 15.7. The lowest BCUT2D eigenvalue weighted by atomic mass is 10.0. The number of halogens is 2. The summed E-state index contributed by atoms with van der Waals surface area (Å²) in [6.45, 7) is 2.71. The number of hydrogen-bond donors (Lipinski definition) is 1. The van der Waals surface area contributed by atoms with Gasteiger partial charge in [0.1, 0.15) is 11.6 Å². The number of benzene rings is 2. The van der Waals surface area contributed by atoms with Crippen LogP contribution in [-0.4, -0.2) is 45.7 Å². The van der Waals surface area contributed by atoms with E-state index in [9.17, 15) is 8.78 Å². The molecule has 0 atom stereocenters. The molecule has 160 valence electrons. The van der Waals surface area contributed by atoms with Gasteiger partial charge in [-0.05, 0) is 36.4 Å². The Balaban J connectivity index is 1.63. The zero-order valence-electron chi connectivity index (χ0n) is 17.1. The molecule has 6 rings (SSSR count). The summed E-state index contributed by atoms with van der Waals surface area (Å²) in [7, 11) is 0. The highest BCUT2D eigenvalue weighted by atomic mass is 19.1. The molecule has 4 heterocycles. The number of anilines is 1. The zero-order chi connectivity index (χ0) is 21.7. The first-order valence-electron chi connectivity index (χ1n) is 10.4. The minimum atomic E-state index is -0.314. The van der Waals surface area contributed by atoms with Gasteiger partial charge in [-0.3, -0.25) is 4.40 Å². The van der Waals surface area contributed by atoms with Gasteiger partial charge in [0, 0.05) is 53.7 Å². The zero-order valence-corrected chi connectivity index (χ0v) is 17.1. The van der Waals surface area contributed by atoms with E-state index in [2.05, 4.69) is 14.9 Å². The first kappa shape index (κ1) is 18.9. The SMILES string of the molecule is Fc1ccc(-c2nc3c(N4CCOCC4)nccn3c2-c2ccc3[nH]cc(F)c3c2)cc1. The van der Waals surface area contributed by atoms with Gasteiger partial charge in [0.2, 0.25) is 0 Å². The molecular formula is C24H19F2N5O. The number of ether oxygens (including phenoxy) is 1. The van der Waals surface area contributed by atoms with Crippen LogP contribution in [0.3, 0.4) is 0 Å². The molecule has 8 heteroatoms. The van der Waals surface area contributed by atoms with Crippen LogP contribution in [0, 0.1) is 11.6 Å². The van der Waals surface area contributed by atoms with Crippen LogP contribution < -0.4 is 4.90 Å². The lowest BCUT2D eigenvalue weighted by Gasteiger charge is -2.27. The van der Waals surface area contributed by atoms with E-state index in [1.54, 1.807) is 18.3 Å². The highest BCUT2D eigenvalue weighted by Gasteiger charge is 2.23. The summed E-state index contributed by atoms with van der Waals surface area (Å²) in [4.78, 5) is 14.6. The third-order valence-corrected chi connectivity index (χ3v) is 5.86. The lowest BCUT2D eigenvalue weighted by Crippen LogP contribution is -2.37. The van der Waals surface area contributed by atoms with Crippen molar-refractivity contribution in [1.82, 2.24) is 19.4 Å². The van der Waals surface area contributed by atoms with Crippen molar-refractivity contribution < 1.29 is 13.5 Å². The van der Waals surface area contributed by atoms with Gasteiger partial charge in [-0.2, -0.15) is 0 Å². The molecule has 0 bridgehead atoms. The van der Waals surface area contributed by atoms with Gasteiger partial charge in [0.15, 0.2) is 11.5 Å². The summed E-state index contributed by atoms with van der Waals surface area (Å²) in [5.41, 5.74) is 4.47. The molecule has 0 saturated carbocycles. The number of rotatable bonds is 3. The van der Waals surface area contributed by atoms with Gasteiger partial charge in [-0.25, -0.2) is 18.7 Å². The molecule has 0 spiro atoms. The maximum Gasteiger partial charge on any atom is 0.181 e. The quantitative estimate of drug-likeness (QED) is 0.452. The lowest BCUT2D eigenvalue weighted by molar-refractivity contribution is 0.122. The average Bonchev–Trinajstić information content (AvgIpc) is 3.40. The van der Waals surface area contributed by atoms with E-state index in [1.807, 2.05) is 28.8 Å². The van der Waals surface area contributed by atoms with Crippen LogP contribution in [0.25, 0.3) is 39.1 Å². The Hall–Kier alpha value is -3.78. The molecule has 3 aromatic heterocycles. The molecule has 0 amide bonds. The van der Waals surface area contributed by atoms with Gasteiger partial charge in [0.05, 0.1) is 24.6 Å². The van der Waals surface area contributed by atoms with Crippen LogP contribution in [-0.2, 0) is 4.74 Å².